The molecule has 0 bridgehead atoms. The van der Waals surface area contributed by atoms with Crippen molar-refractivity contribution in [2.75, 3.05) is 39.4 Å². The third-order valence-electron chi connectivity index (χ3n) is 14.5. The number of rotatable bonds is 35. The molecule has 0 radical (unpaired) electrons. The third kappa shape index (κ3) is 16.4. The topological polar surface area (TPSA) is 164 Å². The second kappa shape index (κ2) is 31.8. The van der Waals surface area contributed by atoms with Crippen molar-refractivity contribution in [3.8, 4) is 17.6 Å². The Morgan fingerprint density at radius 1 is 0.709 bits per heavy atom. The second-order valence-electron chi connectivity index (χ2n) is 20.8. The fourth-order valence-electron chi connectivity index (χ4n) is 10.5. The number of nitrogens with one attached hydrogen (secondary N) is 1. The average molecular weight is 1100 g/mol. The van der Waals surface area contributed by atoms with E-state index in [0.29, 0.717) is 34.8 Å². The Morgan fingerprint density at radius 3 is 1.80 bits per heavy atom. The molecule has 7 rings (SSSR count). The van der Waals surface area contributed by atoms with Gasteiger partial charge < -0.3 is 38.0 Å². The Bertz CT molecular complexity index is 2690. The van der Waals surface area contributed by atoms with E-state index in [4.69, 9.17) is 42.7 Å². The third-order valence-corrected chi connectivity index (χ3v) is 16.6. The van der Waals surface area contributed by atoms with E-state index in [0.717, 1.165) is 36.0 Å². The van der Waals surface area contributed by atoms with Gasteiger partial charge in [-0.1, -0.05) is 163 Å². The van der Waals surface area contributed by atoms with Crippen LogP contribution in [0.1, 0.15) is 164 Å². The predicted octanol–water partition coefficient (Wildman–Crippen LogP) is 14.5. The number of hydrogen-bond donors (Lipinski definition) is 1. The maximum Gasteiger partial charge on any atom is 0.259 e. The lowest BCUT2D eigenvalue weighted by Gasteiger charge is -2.39. The Morgan fingerprint density at radius 2 is 1.25 bits per heavy atom. The zero-order valence-corrected chi connectivity index (χ0v) is 48.5. The van der Waals surface area contributed by atoms with Crippen molar-refractivity contribution in [1.82, 2.24) is 24.2 Å². The number of nitrogens with zero attached hydrogens (tertiary/aromatic N) is 6. The van der Waals surface area contributed by atoms with E-state index in [1.807, 2.05) is 89.5 Å². The molecule has 5 atom stereocenters. The number of methoxy groups -OCH3 is 2. The molecule has 3 heterocycles. The molecule has 0 aliphatic carbocycles. The second-order valence-corrected chi connectivity index (χ2v) is 22.2. The number of carbonyl (C=O) groups excluding carboxylic acids is 1. The lowest BCUT2D eigenvalue weighted by atomic mass is 9.80. The summed E-state index contributed by atoms with van der Waals surface area (Å²) < 4.78 is 51.5. The molecular formula is C63H84N7O8P. The maximum atomic E-state index is 13.5. The van der Waals surface area contributed by atoms with Gasteiger partial charge in [0.05, 0.1) is 46.3 Å². The number of benzene rings is 4. The van der Waals surface area contributed by atoms with Gasteiger partial charge in [-0.15, -0.1) is 0 Å². The minimum absolute atomic E-state index is 0.0115. The largest absolute Gasteiger partial charge is 0.497 e. The summed E-state index contributed by atoms with van der Waals surface area (Å²) in [6.45, 7) is 11.4. The summed E-state index contributed by atoms with van der Waals surface area (Å²) in [6, 6.07) is 37.3. The fraction of sp³-hybridized carbons (Fsp3) is 0.508. The van der Waals surface area contributed by atoms with E-state index in [1.165, 1.54) is 77.0 Å². The van der Waals surface area contributed by atoms with Gasteiger partial charge in [0.15, 0.2) is 23.2 Å². The van der Waals surface area contributed by atoms with E-state index < -0.39 is 38.7 Å². The van der Waals surface area contributed by atoms with Crippen molar-refractivity contribution < 1.29 is 37.5 Å². The number of aromatic nitrogens is 4. The van der Waals surface area contributed by atoms with Crippen LogP contribution in [0.2, 0.25) is 0 Å². The Kier molecular flexibility index (Phi) is 24.5. The van der Waals surface area contributed by atoms with Crippen LogP contribution in [0.25, 0.3) is 11.2 Å². The summed E-state index contributed by atoms with van der Waals surface area (Å²) in [5.74, 6) is 1.35. The SMILES string of the molecule is CCCCCCCCCCCCCCCCO[C@@H]1[C@H](OP(OCCC#N)N(C(C)C)C(C)C)[C@@H](COC(c2ccccc2)(c2ccc(OC)cc2)c2ccc(OC)cc2)O[C@H]1n1cnc2c(NC(=O)c3ccccc3)ncnc21. The van der Waals surface area contributed by atoms with Gasteiger partial charge in [0.1, 0.15) is 41.7 Å². The van der Waals surface area contributed by atoms with Crippen LogP contribution in [0, 0.1) is 11.3 Å². The van der Waals surface area contributed by atoms with Crippen LogP contribution in [0.5, 0.6) is 11.5 Å². The van der Waals surface area contributed by atoms with Gasteiger partial charge in [0.2, 0.25) is 0 Å². The van der Waals surface area contributed by atoms with Crippen LogP contribution in [0.4, 0.5) is 5.82 Å². The number of amides is 1. The number of nitriles is 1. The zero-order chi connectivity index (χ0) is 55.8. The van der Waals surface area contributed by atoms with Crippen molar-refractivity contribution in [3.63, 3.8) is 0 Å². The minimum atomic E-state index is -1.81. The molecule has 0 spiro atoms. The summed E-state index contributed by atoms with van der Waals surface area (Å²) in [7, 11) is 1.50. The van der Waals surface area contributed by atoms with Crippen molar-refractivity contribution in [2.45, 2.75) is 173 Å². The Labute approximate surface area is 470 Å². The first-order chi connectivity index (χ1) is 38.6. The van der Waals surface area contributed by atoms with Crippen molar-refractivity contribution in [3.05, 3.63) is 144 Å². The molecule has 4 aromatic carbocycles. The number of carbonyl (C=O) groups is 1. The number of fused-ring (bicyclic) bond motifs is 1. The van der Waals surface area contributed by atoms with Gasteiger partial charge in [0, 0.05) is 24.3 Å². The van der Waals surface area contributed by atoms with Gasteiger partial charge in [0.25, 0.3) is 14.4 Å². The van der Waals surface area contributed by atoms with E-state index in [9.17, 15) is 10.1 Å². The molecule has 1 unspecified atom stereocenters. The molecule has 1 saturated heterocycles. The first kappa shape index (κ1) is 60.8. The first-order valence-corrected chi connectivity index (χ1v) is 29.8. The first-order valence-electron chi connectivity index (χ1n) is 28.7. The van der Waals surface area contributed by atoms with Crippen LogP contribution in [-0.2, 0) is 28.9 Å². The van der Waals surface area contributed by atoms with Crippen LogP contribution >= 0.6 is 8.53 Å². The number of anilines is 1. The predicted molar refractivity (Wildman–Crippen MR) is 312 cm³/mol. The molecule has 1 N–H and O–H groups in total. The van der Waals surface area contributed by atoms with Crippen LogP contribution < -0.4 is 14.8 Å². The fourth-order valence-corrected chi connectivity index (χ4v) is 12.2. The molecule has 15 nitrogen and oxygen atoms in total. The maximum absolute atomic E-state index is 13.5. The normalized spacial score (nSPS) is 16.9. The van der Waals surface area contributed by atoms with Gasteiger partial charge in [-0.25, -0.2) is 19.6 Å². The molecule has 6 aromatic rings. The molecular weight excluding hydrogens is 1010 g/mol. The highest BCUT2D eigenvalue weighted by Gasteiger charge is 2.52. The lowest BCUT2D eigenvalue weighted by molar-refractivity contribution is -0.0954. The van der Waals surface area contributed by atoms with Crippen molar-refractivity contribution in [2.24, 2.45) is 0 Å². The molecule has 79 heavy (non-hydrogen) atoms. The summed E-state index contributed by atoms with van der Waals surface area (Å²) >= 11 is 0. The van der Waals surface area contributed by atoms with Crippen LogP contribution in [0.15, 0.2) is 122 Å². The molecule has 1 fully saturated rings. The summed E-state index contributed by atoms with van der Waals surface area (Å²) in [5, 5.41) is 12.7. The molecule has 2 aromatic heterocycles. The quantitative estimate of drug-likeness (QED) is 0.0227. The minimum Gasteiger partial charge on any atom is -0.497 e. The van der Waals surface area contributed by atoms with Gasteiger partial charge in [-0.05, 0) is 87.2 Å². The standard InChI is InChI=1S/C63H84N7O8P/c1-8-9-10-11-12-13-14-15-16-17-18-19-20-27-42-74-58-57(78-79(76-43-28-41-64)70(47(2)3)48(4)5)55(77-62(58)69-46-67-56-59(65-45-66-60(56)69)68-61(71)49-29-23-21-24-30-49)44-75-63(50-31-25-22-26-32-50,51-33-37-53(72-6)38-34-51)52-35-39-54(73-7)40-36-52/h21-26,29-40,45-48,55,57-58,62H,8-20,27-28,42-44H2,1-7H3,(H,65,66,68,71)/t55-,57-,58-,62-,79?/m1/s1. The zero-order valence-electron chi connectivity index (χ0n) is 47.6. The highest BCUT2D eigenvalue weighted by molar-refractivity contribution is 7.44. The smallest absolute Gasteiger partial charge is 0.259 e. The van der Waals surface area contributed by atoms with Gasteiger partial charge >= 0.3 is 0 Å². The molecule has 1 aliphatic rings. The van der Waals surface area contributed by atoms with E-state index >= 15 is 0 Å². The molecule has 1 aliphatic heterocycles. The molecule has 424 valence electrons. The number of imidazole rings is 1. The van der Waals surface area contributed by atoms with E-state index in [2.05, 4.69) is 67.8 Å². The van der Waals surface area contributed by atoms with Crippen LogP contribution in [0.3, 0.4) is 0 Å². The van der Waals surface area contributed by atoms with Gasteiger partial charge in [-0.2, -0.15) is 5.26 Å². The van der Waals surface area contributed by atoms with Crippen molar-refractivity contribution >= 4 is 31.4 Å². The lowest BCUT2D eigenvalue weighted by Crippen LogP contribution is -2.43. The Balaban J connectivity index is 1.25. The summed E-state index contributed by atoms with van der Waals surface area (Å²) in [6.07, 6.45) is 17.5. The Hall–Kier alpha value is -5.82. The number of unbranched alkanes of at least 4 members (excludes halogenated alkanes) is 13. The molecule has 0 saturated carbocycles. The highest BCUT2D eigenvalue weighted by atomic mass is 31.2. The highest BCUT2D eigenvalue weighted by Crippen LogP contribution is 2.52. The molecule has 16 heteroatoms. The average Bonchev–Trinajstić information content (AvgIpc) is 4.31. The number of ether oxygens (including phenoxy) is 5. The number of hydrogen-bond acceptors (Lipinski definition) is 13. The van der Waals surface area contributed by atoms with Crippen LogP contribution in [-0.4, -0.2) is 94.5 Å². The molecule has 1 amide bonds. The summed E-state index contributed by atoms with van der Waals surface area (Å²) in [4.78, 5) is 27.6. The van der Waals surface area contributed by atoms with E-state index in [-0.39, 0.29) is 43.4 Å². The van der Waals surface area contributed by atoms with Gasteiger partial charge in [-0.3, -0.25) is 9.36 Å². The van der Waals surface area contributed by atoms with E-state index in [1.54, 1.807) is 32.7 Å². The summed E-state index contributed by atoms with van der Waals surface area (Å²) in [5.41, 5.74) is 2.71. The monoisotopic (exact) mass is 1100 g/mol. The van der Waals surface area contributed by atoms with Crippen molar-refractivity contribution in [1.29, 1.82) is 5.26 Å².